The average molecular weight is 281 g/mol. The summed E-state index contributed by atoms with van der Waals surface area (Å²) in [5, 5.41) is 0. The molecule has 1 atom stereocenters. The Morgan fingerprint density at radius 3 is 2.10 bits per heavy atom. The van der Waals surface area contributed by atoms with Gasteiger partial charge in [-0.1, -0.05) is 55.5 Å². The molecular formula is C18H19NO2. The molecule has 1 aliphatic carbocycles. The lowest BCUT2D eigenvalue weighted by molar-refractivity contribution is 0.0964. The standard InChI is InChI=1S/C18H19NO2/c1-2-12(21-18(19)20)11-17-15-9-5-3-7-13(15)14-8-4-6-10-16(14)17/h3-10,12,17H,2,11H2,1H3,(H2,19,20). The zero-order valence-electron chi connectivity index (χ0n) is 12.1. The molecule has 0 saturated heterocycles. The second kappa shape index (κ2) is 5.60. The number of hydrogen-bond donors (Lipinski definition) is 1. The van der Waals surface area contributed by atoms with Crippen molar-refractivity contribution in [3.8, 4) is 11.1 Å². The summed E-state index contributed by atoms with van der Waals surface area (Å²) < 4.78 is 5.23. The topological polar surface area (TPSA) is 52.3 Å². The minimum absolute atomic E-state index is 0.147. The Labute approximate surface area is 124 Å². The van der Waals surface area contributed by atoms with E-state index in [0.29, 0.717) is 0 Å². The lowest BCUT2D eigenvalue weighted by Crippen LogP contribution is -2.24. The van der Waals surface area contributed by atoms with Crippen molar-refractivity contribution in [1.29, 1.82) is 0 Å². The summed E-state index contributed by atoms with van der Waals surface area (Å²) in [6, 6.07) is 16.9. The molecule has 0 fully saturated rings. The fourth-order valence-electron chi connectivity index (χ4n) is 3.24. The third kappa shape index (κ3) is 2.51. The molecule has 1 unspecified atom stereocenters. The zero-order valence-corrected chi connectivity index (χ0v) is 12.1. The van der Waals surface area contributed by atoms with Crippen molar-refractivity contribution in [3.05, 3.63) is 59.7 Å². The SMILES string of the molecule is CCC(CC1c2ccccc2-c2ccccc21)OC(N)=O. The van der Waals surface area contributed by atoms with E-state index >= 15 is 0 Å². The molecular weight excluding hydrogens is 262 g/mol. The second-order valence-electron chi connectivity index (χ2n) is 5.43. The van der Waals surface area contributed by atoms with Crippen molar-refractivity contribution in [2.24, 2.45) is 5.73 Å². The Morgan fingerprint density at radius 1 is 1.10 bits per heavy atom. The minimum Gasteiger partial charge on any atom is -0.446 e. The molecule has 2 aromatic carbocycles. The molecule has 0 radical (unpaired) electrons. The van der Waals surface area contributed by atoms with Gasteiger partial charge in [-0.05, 0) is 35.1 Å². The number of ether oxygens (including phenoxy) is 1. The van der Waals surface area contributed by atoms with Crippen LogP contribution in [0.4, 0.5) is 4.79 Å². The van der Waals surface area contributed by atoms with Crippen LogP contribution in [0.2, 0.25) is 0 Å². The van der Waals surface area contributed by atoms with Gasteiger partial charge in [-0.15, -0.1) is 0 Å². The van der Waals surface area contributed by atoms with Gasteiger partial charge in [0.1, 0.15) is 6.10 Å². The number of amides is 1. The van der Waals surface area contributed by atoms with Crippen molar-refractivity contribution >= 4 is 6.09 Å². The highest BCUT2D eigenvalue weighted by molar-refractivity contribution is 5.78. The van der Waals surface area contributed by atoms with Crippen LogP contribution in [0.5, 0.6) is 0 Å². The third-order valence-electron chi connectivity index (χ3n) is 4.20. The summed E-state index contributed by atoms with van der Waals surface area (Å²) in [5.74, 6) is 0.265. The first-order valence-corrected chi connectivity index (χ1v) is 7.35. The van der Waals surface area contributed by atoms with Crippen molar-refractivity contribution in [3.63, 3.8) is 0 Å². The van der Waals surface area contributed by atoms with E-state index in [2.05, 4.69) is 48.5 Å². The Morgan fingerprint density at radius 2 is 1.62 bits per heavy atom. The van der Waals surface area contributed by atoms with Gasteiger partial charge in [0.05, 0.1) is 0 Å². The molecule has 3 rings (SSSR count). The van der Waals surface area contributed by atoms with Crippen LogP contribution in [0, 0.1) is 0 Å². The van der Waals surface area contributed by atoms with Crippen molar-refractivity contribution < 1.29 is 9.53 Å². The first kappa shape index (κ1) is 13.7. The Balaban J connectivity index is 1.96. The van der Waals surface area contributed by atoms with Gasteiger partial charge in [0.25, 0.3) is 0 Å². The summed E-state index contributed by atoms with van der Waals surface area (Å²) in [6.07, 6.45) is 0.699. The molecule has 0 heterocycles. The summed E-state index contributed by atoms with van der Waals surface area (Å²) >= 11 is 0. The average Bonchev–Trinajstić information content (AvgIpc) is 2.81. The molecule has 21 heavy (non-hydrogen) atoms. The summed E-state index contributed by atoms with van der Waals surface area (Å²) in [4.78, 5) is 11.0. The Bertz CT molecular complexity index is 620. The number of carbonyl (C=O) groups is 1. The van der Waals surface area contributed by atoms with Crippen molar-refractivity contribution in [2.75, 3.05) is 0 Å². The summed E-state index contributed by atoms with van der Waals surface area (Å²) in [7, 11) is 0. The number of primary amides is 1. The van der Waals surface area contributed by atoms with Gasteiger partial charge in [-0.2, -0.15) is 0 Å². The smallest absolute Gasteiger partial charge is 0.404 e. The molecule has 3 nitrogen and oxygen atoms in total. The van der Waals surface area contributed by atoms with Gasteiger partial charge in [-0.25, -0.2) is 4.79 Å². The van der Waals surface area contributed by atoms with Gasteiger partial charge in [-0.3, -0.25) is 0 Å². The zero-order chi connectivity index (χ0) is 14.8. The maximum absolute atomic E-state index is 11.0. The normalized spacial score (nSPS) is 14.3. The highest BCUT2D eigenvalue weighted by atomic mass is 16.6. The number of benzene rings is 2. The fourth-order valence-corrected chi connectivity index (χ4v) is 3.24. The number of carbonyl (C=O) groups excluding carboxylic acids is 1. The second-order valence-corrected chi connectivity index (χ2v) is 5.43. The number of hydrogen-bond acceptors (Lipinski definition) is 2. The van der Waals surface area contributed by atoms with Crippen LogP contribution in [0.1, 0.15) is 36.8 Å². The van der Waals surface area contributed by atoms with Crippen LogP contribution in [0.25, 0.3) is 11.1 Å². The number of nitrogens with two attached hydrogens (primary N) is 1. The molecule has 0 aromatic heterocycles. The fraction of sp³-hybridized carbons (Fsp3) is 0.278. The van der Waals surface area contributed by atoms with Crippen LogP contribution in [0.15, 0.2) is 48.5 Å². The molecule has 0 bridgehead atoms. The van der Waals surface area contributed by atoms with E-state index in [1.807, 2.05) is 6.92 Å². The van der Waals surface area contributed by atoms with Crippen LogP contribution in [0.3, 0.4) is 0 Å². The number of fused-ring (bicyclic) bond motifs is 3. The largest absolute Gasteiger partial charge is 0.446 e. The Kier molecular flexibility index (Phi) is 3.65. The van der Waals surface area contributed by atoms with Gasteiger partial charge >= 0.3 is 6.09 Å². The van der Waals surface area contributed by atoms with E-state index in [9.17, 15) is 4.79 Å². The van der Waals surface area contributed by atoms with E-state index in [1.165, 1.54) is 22.3 Å². The number of rotatable bonds is 4. The first-order chi connectivity index (χ1) is 10.2. The Hall–Kier alpha value is -2.29. The molecule has 108 valence electrons. The third-order valence-corrected chi connectivity index (χ3v) is 4.20. The van der Waals surface area contributed by atoms with E-state index in [-0.39, 0.29) is 12.0 Å². The van der Waals surface area contributed by atoms with E-state index in [4.69, 9.17) is 10.5 Å². The molecule has 1 aliphatic rings. The van der Waals surface area contributed by atoms with Gasteiger partial charge in [0.15, 0.2) is 0 Å². The van der Waals surface area contributed by atoms with Gasteiger partial charge in [0, 0.05) is 5.92 Å². The summed E-state index contributed by atoms with van der Waals surface area (Å²) in [5.41, 5.74) is 10.4. The summed E-state index contributed by atoms with van der Waals surface area (Å²) in [6.45, 7) is 2.01. The molecule has 3 heteroatoms. The lowest BCUT2D eigenvalue weighted by atomic mass is 9.90. The quantitative estimate of drug-likeness (QED) is 0.918. The van der Waals surface area contributed by atoms with Crippen LogP contribution in [-0.4, -0.2) is 12.2 Å². The van der Waals surface area contributed by atoms with Gasteiger partial charge < -0.3 is 10.5 Å². The maximum Gasteiger partial charge on any atom is 0.404 e. The van der Waals surface area contributed by atoms with Gasteiger partial charge in [0.2, 0.25) is 0 Å². The van der Waals surface area contributed by atoms with Crippen LogP contribution >= 0.6 is 0 Å². The van der Waals surface area contributed by atoms with Crippen molar-refractivity contribution in [1.82, 2.24) is 0 Å². The molecule has 0 spiro atoms. The first-order valence-electron chi connectivity index (χ1n) is 7.35. The monoisotopic (exact) mass is 281 g/mol. The molecule has 0 saturated carbocycles. The maximum atomic E-state index is 11.0. The molecule has 1 amide bonds. The predicted octanol–water partition coefficient (Wildman–Crippen LogP) is 4.06. The highest BCUT2D eigenvalue weighted by Crippen LogP contribution is 2.46. The van der Waals surface area contributed by atoms with E-state index < -0.39 is 6.09 Å². The molecule has 2 N–H and O–H groups in total. The molecule has 2 aromatic rings. The predicted molar refractivity (Wildman–Crippen MR) is 83.1 cm³/mol. The minimum atomic E-state index is -0.693. The highest BCUT2D eigenvalue weighted by Gasteiger charge is 2.30. The van der Waals surface area contributed by atoms with Crippen molar-refractivity contribution in [2.45, 2.75) is 31.8 Å². The van der Waals surface area contributed by atoms with E-state index in [0.717, 1.165) is 12.8 Å². The lowest BCUT2D eigenvalue weighted by Gasteiger charge is -2.20. The van der Waals surface area contributed by atoms with Crippen LogP contribution in [-0.2, 0) is 4.74 Å². The van der Waals surface area contributed by atoms with Crippen LogP contribution < -0.4 is 5.73 Å². The molecule has 0 aliphatic heterocycles. The van der Waals surface area contributed by atoms with E-state index in [1.54, 1.807) is 0 Å².